The van der Waals surface area contributed by atoms with Crippen LogP contribution in [0.5, 0.6) is 6.01 Å². The highest BCUT2D eigenvalue weighted by Gasteiger charge is 2.05. The number of rotatable bonds is 1. The number of halogens is 1. The summed E-state index contributed by atoms with van der Waals surface area (Å²) in [5.74, 6) is 0. The molecular formula is C6H6ClN3O2. The zero-order chi connectivity index (χ0) is 9.14. The number of carbonyl (C=O) groups is 1. The first-order valence-electron chi connectivity index (χ1n) is 3.15. The van der Waals surface area contributed by atoms with Crippen LogP contribution in [-0.2, 0) is 0 Å². The van der Waals surface area contributed by atoms with Crippen molar-refractivity contribution in [3.05, 3.63) is 11.4 Å². The first-order chi connectivity index (χ1) is 5.59. The number of hydrogen-bond acceptors (Lipinski definition) is 5. The molecule has 1 aromatic heterocycles. The monoisotopic (exact) mass is 187 g/mol. The van der Waals surface area contributed by atoms with Gasteiger partial charge in [0.05, 0.1) is 11.4 Å². The fourth-order valence-electron chi connectivity index (χ4n) is 0.552. The van der Waals surface area contributed by atoms with Crippen LogP contribution in [-0.4, -0.2) is 20.6 Å². The van der Waals surface area contributed by atoms with Gasteiger partial charge in [-0.25, -0.2) is 4.79 Å². The highest BCUT2D eigenvalue weighted by atomic mass is 35.5. The Morgan fingerprint density at radius 3 is 2.50 bits per heavy atom. The van der Waals surface area contributed by atoms with Crippen molar-refractivity contribution in [2.75, 3.05) is 0 Å². The molecule has 0 aliphatic carbocycles. The second-order valence-electron chi connectivity index (χ2n) is 2.10. The van der Waals surface area contributed by atoms with E-state index >= 15 is 0 Å². The van der Waals surface area contributed by atoms with Gasteiger partial charge in [-0.3, -0.25) is 0 Å². The smallest absolute Gasteiger partial charge is 0.377 e. The van der Waals surface area contributed by atoms with E-state index in [1.807, 2.05) is 0 Å². The molecule has 0 saturated heterocycles. The summed E-state index contributed by atoms with van der Waals surface area (Å²) in [5, 5.41) is 7.17. The first kappa shape index (κ1) is 8.86. The van der Waals surface area contributed by atoms with Gasteiger partial charge in [-0.05, 0) is 13.8 Å². The molecule has 0 fully saturated rings. The number of aromatic nitrogens is 3. The minimum atomic E-state index is -0.972. The van der Waals surface area contributed by atoms with Gasteiger partial charge in [0.15, 0.2) is 0 Å². The van der Waals surface area contributed by atoms with E-state index in [9.17, 15) is 4.79 Å². The molecule has 0 amide bonds. The van der Waals surface area contributed by atoms with Crippen molar-refractivity contribution < 1.29 is 9.53 Å². The molecule has 1 heterocycles. The second-order valence-corrected chi connectivity index (χ2v) is 2.41. The molecule has 1 rings (SSSR count). The van der Waals surface area contributed by atoms with Crippen LogP contribution in [0, 0.1) is 13.8 Å². The summed E-state index contributed by atoms with van der Waals surface area (Å²) in [5.41, 5.74) is 0.363. The lowest BCUT2D eigenvalue weighted by Gasteiger charge is -1.98. The fraction of sp³-hybridized carbons (Fsp3) is 0.333. The molecule has 0 spiro atoms. The van der Waals surface area contributed by atoms with Crippen LogP contribution in [0.15, 0.2) is 0 Å². The molecule has 5 nitrogen and oxygen atoms in total. The van der Waals surface area contributed by atoms with E-state index in [4.69, 9.17) is 11.6 Å². The van der Waals surface area contributed by atoms with E-state index in [0.29, 0.717) is 11.4 Å². The lowest BCUT2D eigenvalue weighted by atomic mass is 10.4. The molecule has 0 bridgehead atoms. The van der Waals surface area contributed by atoms with Crippen molar-refractivity contribution in [2.45, 2.75) is 13.8 Å². The highest BCUT2D eigenvalue weighted by Crippen LogP contribution is 2.05. The topological polar surface area (TPSA) is 65.0 Å². The predicted molar refractivity (Wildman–Crippen MR) is 41.2 cm³/mol. The number of aryl methyl sites for hydroxylation is 2. The normalized spacial score (nSPS) is 9.58. The van der Waals surface area contributed by atoms with Crippen LogP contribution >= 0.6 is 11.6 Å². The summed E-state index contributed by atoms with van der Waals surface area (Å²) in [6.45, 7) is 3.48. The van der Waals surface area contributed by atoms with Crippen LogP contribution in [0.25, 0.3) is 0 Å². The Morgan fingerprint density at radius 2 is 2.00 bits per heavy atom. The van der Waals surface area contributed by atoms with Crippen molar-refractivity contribution in [3.8, 4) is 6.01 Å². The Labute approximate surface area is 73.7 Å². The summed E-state index contributed by atoms with van der Waals surface area (Å²) in [4.78, 5) is 14.1. The van der Waals surface area contributed by atoms with E-state index in [2.05, 4.69) is 19.9 Å². The van der Waals surface area contributed by atoms with Crippen LogP contribution in [0.2, 0.25) is 0 Å². The Balaban J connectivity index is 2.89. The van der Waals surface area contributed by atoms with Crippen LogP contribution in [0.1, 0.15) is 11.4 Å². The van der Waals surface area contributed by atoms with Crippen LogP contribution in [0.4, 0.5) is 4.79 Å². The highest BCUT2D eigenvalue weighted by molar-refractivity contribution is 6.61. The molecule has 0 aliphatic rings. The van der Waals surface area contributed by atoms with Gasteiger partial charge in [0.1, 0.15) is 0 Å². The van der Waals surface area contributed by atoms with E-state index in [-0.39, 0.29) is 6.01 Å². The summed E-state index contributed by atoms with van der Waals surface area (Å²) in [7, 11) is 0. The van der Waals surface area contributed by atoms with Crippen LogP contribution < -0.4 is 4.74 Å². The molecule has 6 heteroatoms. The zero-order valence-corrected chi connectivity index (χ0v) is 7.29. The molecular weight excluding hydrogens is 182 g/mol. The summed E-state index contributed by atoms with van der Waals surface area (Å²) >= 11 is 4.94. The maximum atomic E-state index is 10.2. The minimum Gasteiger partial charge on any atom is -0.377 e. The number of carbonyl (C=O) groups excluding carboxylic acids is 1. The summed E-state index contributed by atoms with van der Waals surface area (Å²) < 4.78 is 4.39. The third kappa shape index (κ3) is 2.13. The Bertz CT molecular complexity index is 316. The molecule has 1 aromatic rings. The average molecular weight is 188 g/mol. The fourth-order valence-corrected chi connectivity index (χ4v) is 0.621. The lowest BCUT2D eigenvalue weighted by molar-refractivity contribution is 0.221. The van der Waals surface area contributed by atoms with Crippen molar-refractivity contribution in [1.29, 1.82) is 0 Å². The Kier molecular flexibility index (Phi) is 2.54. The maximum Gasteiger partial charge on any atom is 0.411 e. The van der Waals surface area contributed by atoms with Gasteiger partial charge >= 0.3 is 11.4 Å². The van der Waals surface area contributed by atoms with E-state index in [1.165, 1.54) is 0 Å². The molecule has 0 radical (unpaired) electrons. The third-order valence-corrected chi connectivity index (χ3v) is 1.32. The molecule has 0 unspecified atom stereocenters. The SMILES string of the molecule is Cc1nnc(OC(=O)Cl)nc1C. The van der Waals surface area contributed by atoms with Gasteiger partial charge < -0.3 is 4.74 Å². The number of hydrogen-bond donors (Lipinski definition) is 0. The Hall–Kier alpha value is -1.23. The molecule has 0 atom stereocenters. The van der Waals surface area contributed by atoms with Gasteiger partial charge in [0.2, 0.25) is 0 Å². The summed E-state index contributed by atoms with van der Waals surface area (Å²) in [6, 6.07) is -0.127. The molecule has 0 aromatic carbocycles. The van der Waals surface area contributed by atoms with Gasteiger partial charge in [-0.2, -0.15) is 4.98 Å². The van der Waals surface area contributed by atoms with Gasteiger partial charge in [-0.1, -0.05) is 5.10 Å². The van der Waals surface area contributed by atoms with Crippen molar-refractivity contribution >= 4 is 17.0 Å². The molecule has 64 valence electrons. The van der Waals surface area contributed by atoms with E-state index in [1.54, 1.807) is 13.8 Å². The second kappa shape index (κ2) is 3.44. The lowest BCUT2D eigenvalue weighted by Crippen LogP contribution is -2.04. The van der Waals surface area contributed by atoms with Crippen molar-refractivity contribution in [3.63, 3.8) is 0 Å². The summed E-state index contributed by atoms with van der Waals surface area (Å²) in [6.07, 6.45) is 0. The standard InChI is InChI=1S/C6H6ClN3O2/c1-3-4(2)9-10-6(8-3)12-5(7)11/h1-2H3. The Morgan fingerprint density at radius 1 is 1.33 bits per heavy atom. The molecule has 0 N–H and O–H groups in total. The number of ether oxygens (including phenoxy) is 1. The average Bonchev–Trinajstić information content (AvgIpc) is 1.96. The molecule has 12 heavy (non-hydrogen) atoms. The van der Waals surface area contributed by atoms with E-state index < -0.39 is 5.43 Å². The van der Waals surface area contributed by atoms with Crippen molar-refractivity contribution in [2.24, 2.45) is 0 Å². The zero-order valence-electron chi connectivity index (χ0n) is 6.54. The van der Waals surface area contributed by atoms with Crippen molar-refractivity contribution in [1.82, 2.24) is 15.2 Å². The van der Waals surface area contributed by atoms with Gasteiger partial charge in [0, 0.05) is 11.6 Å². The number of nitrogens with zero attached hydrogens (tertiary/aromatic N) is 3. The molecule has 0 aliphatic heterocycles. The molecule has 0 saturated carbocycles. The predicted octanol–water partition coefficient (Wildman–Crippen LogP) is 1.23. The first-order valence-corrected chi connectivity index (χ1v) is 3.52. The van der Waals surface area contributed by atoms with Crippen LogP contribution in [0.3, 0.4) is 0 Å². The van der Waals surface area contributed by atoms with Gasteiger partial charge in [-0.15, -0.1) is 5.10 Å². The minimum absolute atomic E-state index is 0.127. The van der Waals surface area contributed by atoms with E-state index in [0.717, 1.165) is 0 Å². The van der Waals surface area contributed by atoms with Gasteiger partial charge in [0.25, 0.3) is 0 Å². The maximum absolute atomic E-state index is 10.2. The quantitative estimate of drug-likeness (QED) is 0.619. The largest absolute Gasteiger partial charge is 0.411 e. The third-order valence-electron chi connectivity index (χ3n) is 1.24.